The Morgan fingerprint density at radius 1 is 1.13 bits per heavy atom. The van der Waals surface area contributed by atoms with Crippen LogP contribution in [0.2, 0.25) is 0 Å². The molecule has 3 aromatic heterocycles. The van der Waals surface area contributed by atoms with E-state index >= 15 is 4.39 Å². The Morgan fingerprint density at radius 3 is 2.55 bits per heavy atom. The lowest BCUT2D eigenvalue weighted by molar-refractivity contribution is -0.110. The molecule has 0 aliphatic carbocycles. The molecule has 2 amide bonds. The largest absolute Gasteiger partial charge is 0.421 e. The van der Waals surface area contributed by atoms with Crippen LogP contribution in [0.4, 0.5) is 20.3 Å². The van der Waals surface area contributed by atoms with Gasteiger partial charge >= 0.3 is 6.01 Å². The summed E-state index contributed by atoms with van der Waals surface area (Å²) in [6.45, 7) is 4.29. The Balaban J connectivity index is 1.81. The zero-order chi connectivity index (χ0) is 27.2. The van der Waals surface area contributed by atoms with Gasteiger partial charge in [0.25, 0.3) is 0 Å². The quantitative estimate of drug-likeness (QED) is 0.223. The van der Waals surface area contributed by atoms with Gasteiger partial charge in [-0.3, -0.25) is 9.59 Å². The van der Waals surface area contributed by atoms with Crippen molar-refractivity contribution in [3.63, 3.8) is 0 Å². The van der Waals surface area contributed by atoms with Crippen molar-refractivity contribution in [1.29, 1.82) is 0 Å². The van der Waals surface area contributed by atoms with E-state index in [0.29, 0.717) is 43.8 Å². The van der Waals surface area contributed by atoms with Crippen LogP contribution in [-0.4, -0.2) is 57.4 Å². The molecule has 0 aliphatic heterocycles. The van der Waals surface area contributed by atoms with Gasteiger partial charge in [-0.05, 0) is 12.8 Å². The Morgan fingerprint density at radius 2 is 1.89 bits per heavy atom. The van der Waals surface area contributed by atoms with Crippen LogP contribution in [0.5, 0.6) is 11.8 Å². The lowest BCUT2D eigenvalue weighted by atomic mass is 10.1. The molecule has 0 spiro atoms. The number of amides is 2. The predicted molar refractivity (Wildman–Crippen MR) is 138 cm³/mol. The van der Waals surface area contributed by atoms with E-state index in [-0.39, 0.29) is 45.5 Å². The van der Waals surface area contributed by atoms with Gasteiger partial charge < -0.3 is 25.3 Å². The lowest BCUT2D eigenvalue weighted by Crippen LogP contribution is -2.29. The third-order valence-corrected chi connectivity index (χ3v) is 6.05. The maximum atomic E-state index is 15.2. The van der Waals surface area contributed by atoms with Gasteiger partial charge in [0, 0.05) is 32.1 Å². The maximum Gasteiger partial charge on any atom is 0.326 e. The number of benzene rings is 1. The number of nitrogens with zero attached hydrogens (tertiary/aromatic N) is 5. The number of hydrogen-bond donors (Lipinski definition) is 3. The standard InChI is InChI=1S/C25H28F2N8O3/c1-4-6-14(31-12-36)7-8-28-23-20-19-21(27)16(26)9-17(35(3)13-37)22(19)32-24(20)34-25(33-23)38-15-10-29-18(5-2)30-11-15/h9-14H,4-8H2,1-3H3,(H,31,36)(H2,28,32,33,34). The van der Waals surface area contributed by atoms with Crippen molar-refractivity contribution in [2.24, 2.45) is 0 Å². The van der Waals surface area contributed by atoms with Gasteiger partial charge in [-0.15, -0.1) is 0 Å². The summed E-state index contributed by atoms with van der Waals surface area (Å²) >= 11 is 0. The average Bonchev–Trinajstić information content (AvgIpc) is 3.31. The van der Waals surface area contributed by atoms with Crippen LogP contribution in [0, 0.1) is 11.6 Å². The number of nitrogens with one attached hydrogen (secondary N) is 3. The summed E-state index contributed by atoms with van der Waals surface area (Å²) in [5.74, 6) is -1.11. The molecule has 4 rings (SSSR count). The minimum Gasteiger partial charge on any atom is -0.421 e. The molecule has 1 aromatic carbocycles. The van der Waals surface area contributed by atoms with Crippen molar-refractivity contribution < 1.29 is 23.1 Å². The molecular weight excluding hydrogens is 498 g/mol. The number of halogens is 2. The van der Waals surface area contributed by atoms with Crippen LogP contribution in [0.3, 0.4) is 0 Å². The molecule has 0 fully saturated rings. The Labute approximate surface area is 217 Å². The number of aryl methyl sites for hydroxylation is 1. The van der Waals surface area contributed by atoms with Crippen molar-refractivity contribution >= 4 is 46.3 Å². The number of anilines is 2. The molecule has 0 saturated carbocycles. The number of hydrogen-bond acceptors (Lipinski definition) is 8. The molecule has 1 unspecified atom stereocenters. The number of ether oxygens (including phenoxy) is 1. The van der Waals surface area contributed by atoms with E-state index < -0.39 is 11.6 Å². The van der Waals surface area contributed by atoms with E-state index in [2.05, 4.69) is 35.6 Å². The van der Waals surface area contributed by atoms with Crippen molar-refractivity contribution in [2.75, 3.05) is 23.8 Å². The third-order valence-electron chi connectivity index (χ3n) is 6.05. The van der Waals surface area contributed by atoms with Crippen LogP contribution in [-0.2, 0) is 16.0 Å². The van der Waals surface area contributed by atoms with Crippen molar-refractivity contribution in [3.8, 4) is 11.8 Å². The first-order valence-electron chi connectivity index (χ1n) is 12.2. The topological polar surface area (TPSA) is 138 Å². The number of fused-ring (bicyclic) bond motifs is 3. The second-order valence-corrected chi connectivity index (χ2v) is 8.64. The smallest absolute Gasteiger partial charge is 0.326 e. The molecule has 13 heteroatoms. The van der Waals surface area contributed by atoms with Crippen LogP contribution in [0.25, 0.3) is 21.9 Å². The summed E-state index contributed by atoms with van der Waals surface area (Å²) < 4.78 is 35.6. The van der Waals surface area contributed by atoms with E-state index in [0.717, 1.165) is 23.8 Å². The maximum absolute atomic E-state index is 15.2. The fourth-order valence-corrected chi connectivity index (χ4v) is 4.17. The van der Waals surface area contributed by atoms with Gasteiger partial charge in [0.1, 0.15) is 17.3 Å². The molecule has 38 heavy (non-hydrogen) atoms. The molecule has 3 heterocycles. The molecule has 3 N–H and O–H groups in total. The highest BCUT2D eigenvalue weighted by Gasteiger charge is 2.24. The first-order chi connectivity index (χ1) is 18.4. The molecule has 200 valence electrons. The average molecular weight is 527 g/mol. The van der Waals surface area contributed by atoms with Crippen LogP contribution >= 0.6 is 0 Å². The molecule has 11 nitrogen and oxygen atoms in total. The number of carbonyl (C=O) groups is 2. The normalized spacial score (nSPS) is 11.9. The Kier molecular flexibility index (Phi) is 8.24. The Bertz CT molecular complexity index is 1440. The number of rotatable bonds is 13. The van der Waals surface area contributed by atoms with Gasteiger partial charge in [-0.2, -0.15) is 9.97 Å². The molecule has 0 saturated heterocycles. The van der Waals surface area contributed by atoms with Crippen molar-refractivity contribution in [3.05, 3.63) is 35.9 Å². The monoisotopic (exact) mass is 526 g/mol. The molecular formula is C25H28F2N8O3. The highest BCUT2D eigenvalue weighted by atomic mass is 19.2. The van der Waals surface area contributed by atoms with E-state index in [1.807, 2.05) is 13.8 Å². The SMILES string of the molecule is CCCC(CCNc1nc(Oc2cnc(CC)nc2)nc2[nH]c3c(N(C)C=O)cc(F)c(F)c3c12)NC=O. The van der Waals surface area contributed by atoms with E-state index in [1.54, 1.807) is 0 Å². The third kappa shape index (κ3) is 5.45. The van der Waals surface area contributed by atoms with E-state index in [1.165, 1.54) is 19.4 Å². The number of H-pyrrole nitrogens is 1. The van der Waals surface area contributed by atoms with Gasteiger partial charge in [0.2, 0.25) is 12.8 Å². The summed E-state index contributed by atoms with van der Waals surface area (Å²) in [6.07, 6.45) is 6.99. The van der Waals surface area contributed by atoms with Crippen LogP contribution in [0.1, 0.15) is 38.9 Å². The second-order valence-electron chi connectivity index (χ2n) is 8.64. The minimum atomic E-state index is -1.13. The predicted octanol–water partition coefficient (Wildman–Crippen LogP) is 3.84. The van der Waals surface area contributed by atoms with E-state index in [9.17, 15) is 14.0 Å². The second kappa shape index (κ2) is 11.8. The first kappa shape index (κ1) is 26.6. The van der Waals surface area contributed by atoms with E-state index in [4.69, 9.17) is 4.74 Å². The summed E-state index contributed by atoms with van der Waals surface area (Å²) in [5, 5.41) is 6.02. The van der Waals surface area contributed by atoms with Gasteiger partial charge in [0.05, 0.1) is 34.4 Å². The summed E-state index contributed by atoms with van der Waals surface area (Å²) in [4.78, 5) is 43.7. The number of carbonyl (C=O) groups excluding carboxylic acids is 2. The lowest BCUT2D eigenvalue weighted by Gasteiger charge is -2.16. The molecule has 4 aromatic rings. The minimum absolute atomic E-state index is 0.0720. The van der Waals surface area contributed by atoms with Gasteiger partial charge in [-0.25, -0.2) is 18.7 Å². The van der Waals surface area contributed by atoms with Gasteiger partial charge in [-0.1, -0.05) is 20.3 Å². The van der Waals surface area contributed by atoms with Crippen LogP contribution in [0.15, 0.2) is 18.5 Å². The highest BCUT2D eigenvalue weighted by Crippen LogP contribution is 2.38. The zero-order valence-electron chi connectivity index (χ0n) is 21.2. The number of aromatic amines is 1. The fraction of sp³-hybridized carbons (Fsp3) is 0.360. The van der Waals surface area contributed by atoms with Crippen molar-refractivity contribution in [2.45, 2.75) is 45.6 Å². The summed E-state index contributed by atoms with van der Waals surface area (Å²) in [7, 11) is 1.43. The van der Waals surface area contributed by atoms with Gasteiger partial charge in [0.15, 0.2) is 17.4 Å². The first-order valence-corrected chi connectivity index (χ1v) is 12.2. The number of aromatic nitrogens is 5. The zero-order valence-corrected chi connectivity index (χ0v) is 21.2. The Hall–Kier alpha value is -4.42. The molecule has 0 aliphatic rings. The fourth-order valence-electron chi connectivity index (χ4n) is 4.17. The molecule has 0 bridgehead atoms. The molecule has 0 radical (unpaired) electrons. The summed E-state index contributed by atoms with van der Waals surface area (Å²) in [6, 6.07) is 0.783. The van der Waals surface area contributed by atoms with Crippen molar-refractivity contribution in [1.82, 2.24) is 30.2 Å². The molecule has 1 atom stereocenters. The summed E-state index contributed by atoms with van der Waals surface area (Å²) in [5.41, 5.74) is 0.465. The highest BCUT2D eigenvalue weighted by molar-refractivity contribution is 6.15. The van der Waals surface area contributed by atoms with Crippen LogP contribution < -0.4 is 20.3 Å².